The molecule has 1 heterocycles. The maximum atomic E-state index is 5.65. The van der Waals surface area contributed by atoms with Crippen molar-refractivity contribution in [2.75, 3.05) is 13.2 Å². The summed E-state index contributed by atoms with van der Waals surface area (Å²) >= 11 is 0. The molecule has 0 bridgehead atoms. The van der Waals surface area contributed by atoms with E-state index in [1.54, 1.807) is 0 Å². The number of rotatable bonds is 8. The first-order chi connectivity index (χ1) is 7.43. The summed E-state index contributed by atoms with van der Waals surface area (Å²) in [4.78, 5) is 0. The van der Waals surface area contributed by atoms with Crippen LogP contribution in [-0.2, 0) is 9.47 Å². The highest BCUT2D eigenvalue weighted by Gasteiger charge is 2.12. The second-order valence-electron chi connectivity index (χ2n) is 4.16. The van der Waals surface area contributed by atoms with Crippen LogP contribution in [0.4, 0.5) is 0 Å². The first-order valence-electron chi connectivity index (χ1n) is 6.27. The molecule has 0 radical (unpaired) electrons. The Morgan fingerprint density at radius 2 is 2.07 bits per heavy atom. The lowest BCUT2D eigenvalue weighted by Gasteiger charge is -2.22. The van der Waals surface area contributed by atoms with Gasteiger partial charge in [-0.15, -0.1) is 6.58 Å². The van der Waals surface area contributed by atoms with Crippen molar-refractivity contribution >= 4 is 0 Å². The first-order valence-corrected chi connectivity index (χ1v) is 6.27. The Hall–Kier alpha value is -0.340. The molecule has 0 aromatic carbocycles. The highest BCUT2D eigenvalue weighted by Crippen LogP contribution is 2.14. The normalized spacial score (nSPS) is 21.5. The molecule has 2 heteroatoms. The van der Waals surface area contributed by atoms with Crippen molar-refractivity contribution in [1.82, 2.24) is 0 Å². The number of hydrogen-bond acceptors (Lipinski definition) is 2. The first kappa shape index (κ1) is 12.7. The fraction of sp³-hybridized carbons (Fsp3) is 0.846. The summed E-state index contributed by atoms with van der Waals surface area (Å²) in [6.07, 6.45) is 11.7. The Kier molecular flexibility index (Phi) is 7.58. The van der Waals surface area contributed by atoms with Gasteiger partial charge >= 0.3 is 0 Å². The largest absolute Gasteiger partial charge is 0.353 e. The van der Waals surface area contributed by atoms with Crippen molar-refractivity contribution in [3.8, 4) is 0 Å². The minimum absolute atomic E-state index is 0.0897. The number of allylic oxidation sites excluding steroid dienone is 1. The van der Waals surface area contributed by atoms with Gasteiger partial charge in [0.25, 0.3) is 0 Å². The third-order valence-electron chi connectivity index (χ3n) is 2.74. The van der Waals surface area contributed by atoms with Crippen molar-refractivity contribution < 1.29 is 9.47 Å². The lowest BCUT2D eigenvalue weighted by Crippen LogP contribution is -2.22. The van der Waals surface area contributed by atoms with E-state index in [0.717, 1.165) is 32.5 Å². The molecule has 2 nitrogen and oxygen atoms in total. The van der Waals surface area contributed by atoms with Crippen molar-refractivity contribution in [2.45, 2.75) is 57.7 Å². The smallest absolute Gasteiger partial charge is 0.157 e. The van der Waals surface area contributed by atoms with Crippen LogP contribution in [0.3, 0.4) is 0 Å². The molecule has 1 rings (SSSR count). The van der Waals surface area contributed by atoms with Crippen LogP contribution in [0, 0.1) is 0 Å². The summed E-state index contributed by atoms with van der Waals surface area (Å²) in [5.41, 5.74) is 0. The lowest BCUT2D eigenvalue weighted by atomic mass is 10.1. The average molecular weight is 212 g/mol. The molecule has 0 spiro atoms. The molecule has 88 valence electrons. The molecule has 1 unspecified atom stereocenters. The van der Waals surface area contributed by atoms with Crippen LogP contribution >= 0.6 is 0 Å². The lowest BCUT2D eigenvalue weighted by molar-refractivity contribution is -0.162. The van der Waals surface area contributed by atoms with E-state index in [1.807, 2.05) is 6.08 Å². The maximum Gasteiger partial charge on any atom is 0.157 e. The van der Waals surface area contributed by atoms with Crippen LogP contribution in [0.1, 0.15) is 51.4 Å². The van der Waals surface area contributed by atoms with Gasteiger partial charge in [-0.3, -0.25) is 0 Å². The molecular weight excluding hydrogens is 188 g/mol. The van der Waals surface area contributed by atoms with E-state index in [4.69, 9.17) is 9.47 Å². The van der Waals surface area contributed by atoms with E-state index >= 15 is 0 Å². The van der Waals surface area contributed by atoms with Gasteiger partial charge in [0.2, 0.25) is 0 Å². The highest BCUT2D eigenvalue weighted by atomic mass is 16.7. The predicted molar refractivity (Wildman–Crippen MR) is 62.8 cm³/mol. The molecule has 0 saturated carbocycles. The van der Waals surface area contributed by atoms with Gasteiger partial charge < -0.3 is 9.47 Å². The van der Waals surface area contributed by atoms with Gasteiger partial charge in [0, 0.05) is 13.2 Å². The van der Waals surface area contributed by atoms with E-state index in [9.17, 15) is 0 Å². The quantitative estimate of drug-likeness (QED) is 0.451. The molecule has 0 aromatic rings. The summed E-state index contributed by atoms with van der Waals surface area (Å²) in [5, 5.41) is 0. The Morgan fingerprint density at radius 3 is 2.80 bits per heavy atom. The van der Waals surface area contributed by atoms with Gasteiger partial charge in [0.15, 0.2) is 6.29 Å². The second-order valence-corrected chi connectivity index (χ2v) is 4.16. The zero-order valence-electron chi connectivity index (χ0n) is 9.75. The molecule has 15 heavy (non-hydrogen) atoms. The monoisotopic (exact) mass is 212 g/mol. The number of unbranched alkanes of at least 4 members (excludes halogenated alkanes) is 4. The molecule has 0 amide bonds. The Morgan fingerprint density at radius 1 is 1.20 bits per heavy atom. The van der Waals surface area contributed by atoms with Gasteiger partial charge in [-0.1, -0.05) is 18.9 Å². The average Bonchev–Trinajstić information content (AvgIpc) is 2.29. The molecule has 1 aliphatic heterocycles. The molecule has 1 aliphatic rings. The topological polar surface area (TPSA) is 18.5 Å². The SMILES string of the molecule is C=CCCCCCCOC1CCCCO1. The van der Waals surface area contributed by atoms with E-state index < -0.39 is 0 Å². The van der Waals surface area contributed by atoms with Gasteiger partial charge in [-0.05, 0) is 38.5 Å². The molecular formula is C13H24O2. The van der Waals surface area contributed by atoms with Crippen LogP contribution < -0.4 is 0 Å². The fourth-order valence-corrected chi connectivity index (χ4v) is 1.80. The number of hydrogen-bond donors (Lipinski definition) is 0. The Balaban J connectivity index is 1.81. The van der Waals surface area contributed by atoms with E-state index in [2.05, 4.69) is 6.58 Å². The molecule has 1 fully saturated rings. The summed E-state index contributed by atoms with van der Waals surface area (Å²) in [6, 6.07) is 0. The van der Waals surface area contributed by atoms with Crippen molar-refractivity contribution in [3.05, 3.63) is 12.7 Å². The Labute approximate surface area is 93.7 Å². The van der Waals surface area contributed by atoms with Crippen molar-refractivity contribution in [2.24, 2.45) is 0 Å². The summed E-state index contributed by atoms with van der Waals surface area (Å²) < 4.78 is 11.1. The molecule has 1 atom stereocenters. The minimum atomic E-state index is 0.0897. The fourth-order valence-electron chi connectivity index (χ4n) is 1.80. The van der Waals surface area contributed by atoms with Crippen LogP contribution in [0.25, 0.3) is 0 Å². The summed E-state index contributed by atoms with van der Waals surface area (Å²) in [6.45, 7) is 5.45. The Bertz CT molecular complexity index is 151. The molecule has 0 N–H and O–H groups in total. The molecule has 0 aliphatic carbocycles. The van der Waals surface area contributed by atoms with Gasteiger partial charge in [-0.25, -0.2) is 0 Å². The number of ether oxygens (including phenoxy) is 2. The zero-order chi connectivity index (χ0) is 10.8. The van der Waals surface area contributed by atoms with Crippen LogP contribution in [0.15, 0.2) is 12.7 Å². The van der Waals surface area contributed by atoms with Crippen molar-refractivity contribution in [1.29, 1.82) is 0 Å². The minimum Gasteiger partial charge on any atom is -0.353 e. The van der Waals surface area contributed by atoms with Gasteiger partial charge in [0.1, 0.15) is 0 Å². The highest BCUT2D eigenvalue weighted by molar-refractivity contribution is 4.65. The van der Waals surface area contributed by atoms with Crippen LogP contribution in [0.2, 0.25) is 0 Å². The molecule has 1 saturated heterocycles. The molecule has 0 aromatic heterocycles. The third-order valence-corrected chi connectivity index (χ3v) is 2.74. The van der Waals surface area contributed by atoms with E-state index in [-0.39, 0.29) is 6.29 Å². The maximum absolute atomic E-state index is 5.65. The second kappa shape index (κ2) is 8.93. The van der Waals surface area contributed by atoms with Crippen LogP contribution in [-0.4, -0.2) is 19.5 Å². The van der Waals surface area contributed by atoms with Gasteiger partial charge in [0.05, 0.1) is 0 Å². The van der Waals surface area contributed by atoms with E-state index in [1.165, 1.54) is 32.1 Å². The van der Waals surface area contributed by atoms with Crippen molar-refractivity contribution in [3.63, 3.8) is 0 Å². The van der Waals surface area contributed by atoms with E-state index in [0.29, 0.717) is 0 Å². The standard InChI is InChI=1S/C13H24O2/c1-2-3-4-5-6-8-11-14-13-10-7-9-12-15-13/h2,13H,1,3-12H2. The third kappa shape index (κ3) is 6.69. The van der Waals surface area contributed by atoms with Gasteiger partial charge in [-0.2, -0.15) is 0 Å². The summed E-state index contributed by atoms with van der Waals surface area (Å²) in [5.74, 6) is 0. The summed E-state index contributed by atoms with van der Waals surface area (Å²) in [7, 11) is 0. The zero-order valence-corrected chi connectivity index (χ0v) is 9.75. The predicted octanol–water partition coefficient (Wildman–Crippen LogP) is 3.67. The van der Waals surface area contributed by atoms with Crippen LogP contribution in [0.5, 0.6) is 0 Å².